The van der Waals surface area contributed by atoms with Gasteiger partial charge in [0.1, 0.15) is 11.6 Å². The number of carbonyl (C=O) groups is 1. The first-order valence-electron chi connectivity index (χ1n) is 7.66. The Balaban J connectivity index is 1.59. The van der Waals surface area contributed by atoms with Gasteiger partial charge in [-0.2, -0.15) is 11.8 Å². The molecule has 0 aliphatic rings. The molecule has 0 radical (unpaired) electrons. The number of halogens is 3. The molecule has 2 aromatic carbocycles. The second-order valence-electron chi connectivity index (χ2n) is 5.19. The first-order valence-corrected chi connectivity index (χ1v) is 10.3. The van der Waals surface area contributed by atoms with Gasteiger partial charge in [0, 0.05) is 34.4 Å². The molecular weight excluding hydrogens is 384 g/mol. The Morgan fingerprint density at radius 3 is 2.52 bits per heavy atom. The standard InChI is InChI=1S/C18H18ClF2NOS2/c19-15-5-3-7-17(21)14(15)11-25-12-18(23)22-8-9-24-10-13-4-1-2-6-16(13)20/h1-7H,8-12H2,(H,22,23). The van der Waals surface area contributed by atoms with Crippen molar-refractivity contribution >= 4 is 41.0 Å². The molecule has 0 spiro atoms. The van der Waals surface area contributed by atoms with E-state index < -0.39 is 0 Å². The van der Waals surface area contributed by atoms with E-state index in [2.05, 4.69) is 5.32 Å². The monoisotopic (exact) mass is 401 g/mol. The molecule has 2 rings (SSSR count). The minimum absolute atomic E-state index is 0.107. The van der Waals surface area contributed by atoms with Gasteiger partial charge in [-0.1, -0.05) is 35.9 Å². The highest BCUT2D eigenvalue weighted by molar-refractivity contribution is 7.99. The van der Waals surface area contributed by atoms with Gasteiger partial charge in [-0.15, -0.1) is 11.8 Å². The minimum atomic E-state index is -0.357. The van der Waals surface area contributed by atoms with E-state index in [-0.39, 0.29) is 23.3 Å². The summed E-state index contributed by atoms with van der Waals surface area (Å²) in [7, 11) is 0. The molecule has 0 aliphatic heterocycles. The van der Waals surface area contributed by atoms with Gasteiger partial charge in [-0.05, 0) is 23.8 Å². The van der Waals surface area contributed by atoms with Crippen LogP contribution in [0, 0.1) is 11.6 Å². The third kappa shape index (κ3) is 6.88. The molecule has 0 heterocycles. The summed E-state index contributed by atoms with van der Waals surface area (Å²) in [5.74, 6) is 1.19. The van der Waals surface area contributed by atoms with Gasteiger partial charge < -0.3 is 5.32 Å². The maximum absolute atomic E-state index is 13.6. The Labute approximate surface area is 159 Å². The first-order chi connectivity index (χ1) is 12.1. The lowest BCUT2D eigenvalue weighted by atomic mass is 10.2. The van der Waals surface area contributed by atoms with Gasteiger partial charge in [-0.3, -0.25) is 4.79 Å². The fraction of sp³-hybridized carbons (Fsp3) is 0.278. The molecule has 0 aliphatic carbocycles. The van der Waals surface area contributed by atoms with E-state index in [0.29, 0.717) is 40.0 Å². The van der Waals surface area contributed by atoms with Crippen molar-refractivity contribution in [3.05, 3.63) is 70.2 Å². The number of carbonyl (C=O) groups excluding carboxylic acids is 1. The van der Waals surface area contributed by atoms with Crippen LogP contribution in [0.1, 0.15) is 11.1 Å². The molecular formula is C18H18ClF2NOS2. The maximum Gasteiger partial charge on any atom is 0.230 e. The zero-order chi connectivity index (χ0) is 18.1. The third-order valence-corrected chi connectivity index (χ3v) is 5.65. The number of rotatable bonds is 9. The van der Waals surface area contributed by atoms with Gasteiger partial charge in [0.25, 0.3) is 0 Å². The number of hydrogen-bond donors (Lipinski definition) is 1. The number of thioether (sulfide) groups is 2. The maximum atomic E-state index is 13.6. The largest absolute Gasteiger partial charge is 0.355 e. The van der Waals surface area contributed by atoms with E-state index in [9.17, 15) is 13.6 Å². The fourth-order valence-corrected chi connectivity index (χ4v) is 4.07. The fourth-order valence-electron chi connectivity index (χ4n) is 2.03. The normalized spacial score (nSPS) is 10.7. The van der Waals surface area contributed by atoms with Crippen molar-refractivity contribution in [2.75, 3.05) is 18.1 Å². The van der Waals surface area contributed by atoms with Crippen molar-refractivity contribution in [2.45, 2.75) is 11.5 Å². The molecule has 134 valence electrons. The summed E-state index contributed by atoms with van der Waals surface area (Å²) in [6, 6.07) is 11.2. The molecule has 0 unspecified atom stereocenters. The van der Waals surface area contributed by atoms with Crippen molar-refractivity contribution in [2.24, 2.45) is 0 Å². The van der Waals surface area contributed by atoms with Crippen molar-refractivity contribution < 1.29 is 13.6 Å². The lowest BCUT2D eigenvalue weighted by molar-refractivity contribution is -0.118. The summed E-state index contributed by atoms with van der Waals surface area (Å²) in [6.45, 7) is 0.513. The Morgan fingerprint density at radius 2 is 1.76 bits per heavy atom. The van der Waals surface area contributed by atoms with Gasteiger partial charge in [0.05, 0.1) is 5.75 Å². The van der Waals surface area contributed by atoms with Gasteiger partial charge in [0.15, 0.2) is 0 Å². The van der Waals surface area contributed by atoms with Gasteiger partial charge in [-0.25, -0.2) is 8.78 Å². The van der Waals surface area contributed by atoms with Crippen LogP contribution in [0.15, 0.2) is 42.5 Å². The molecule has 0 saturated carbocycles. The predicted molar refractivity (Wildman–Crippen MR) is 103 cm³/mol. The van der Waals surface area contributed by atoms with Crippen LogP contribution in [-0.4, -0.2) is 24.0 Å². The number of hydrogen-bond acceptors (Lipinski definition) is 3. The molecule has 1 N–H and O–H groups in total. The third-order valence-electron chi connectivity index (χ3n) is 3.33. The minimum Gasteiger partial charge on any atom is -0.355 e. The van der Waals surface area contributed by atoms with E-state index in [0.717, 1.165) is 0 Å². The molecule has 1 amide bonds. The van der Waals surface area contributed by atoms with Crippen LogP contribution in [0.25, 0.3) is 0 Å². The van der Waals surface area contributed by atoms with Crippen LogP contribution in [0.4, 0.5) is 8.78 Å². The summed E-state index contributed by atoms with van der Waals surface area (Å²) in [5, 5.41) is 3.17. The molecule has 0 bridgehead atoms. The van der Waals surface area contributed by atoms with Crippen LogP contribution >= 0.6 is 35.1 Å². The summed E-state index contributed by atoms with van der Waals surface area (Å²) < 4.78 is 27.0. The number of benzene rings is 2. The molecule has 0 atom stereocenters. The lowest BCUT2D eigenvalue weighted by Gasteiger charge is -2.07. The quantitative estimate of drug-likeness (QED) is 0.606. The van der Waals surface area contributed by atoms with E-state index in [1.54, 1.807) is 42.1 Å². The predicted octanol–water partition coefficient (Wildman–Crippen LogP) is 4.90. The summed E-state index contributed by atoms with van der Waals surface area (Å²) in [6.07, 6.45) is 0. The van der Waals surface area contributed by atoms with Crippen LogP contribution in [0.3, 0.4) is 0 Å². The Hall–Kier alpha value is -1.24. The molecule has 7 heteroatoms. The SMILES string of the molecule is O=C(CSCc1c(F)cccc1Cl)NCCSCc1ccccc1F. The van der Waals surface area contributed by atoms with Crippen LogP contribution in [0.2, 0.25) is 5.02 Å². The average Bonchev–Trinajstić information content (AvgIpc) is 2.59. The van der Waals surface area contributed by atoms with Crippen LogP contribution in [-0.2, 0) is 16.3 Å². The second kappa shape index (κ2) is 10.7. The molecule has 2 nitrogen and oxygen atoms in total. The van der Waals surface area contributed by atoms with Crippen molar-refractivity contribution in [3.8, 4) is 0 Å². The average molecular weight is 402 g/mol. The Kier molecular flexibility index (Phi) is 8.58. The molecule has 25 heavy (non-hydrogen) atoms. The van der Waals surface area contributed by atoms with Crippen LogP contribution in [0.5, 0.6) is 0 Å². The van der Waals surface area contributed by atoms with Gasteiger partial charge in [0.2, 0.25) is 5.91 Å². The highest BCUT2D eigenvalue weighted by Gasteiger charge is 2.08. The van der Waals surface area contributed by atoms with Crippen molar-refractivity contribution in [1.82, 2.24) is 5.32 Å². The zero-order valence-corrected chi connectivity index (χ0v) is 15.8. The smallest absolute Gasteiger partial charge is 0.230 e. The number of amides is 1. The molecule has 0 saturated heterocycles. The van der Waals surface area contributed by atoms with Crippen LogP contribution < -0.4 is 5.32 Å². The van der Waals surface area contributed by atoms with E-state index >= 15 is 0 Å². The second-order valence-corrected chi connectivity index (χ2v) is 7.68. The Morgan fingerprint density at radius 1 is 1.00 bits per heavy atom. The first kappa shape index (κ1) is 20.1. The molecule has 2 aromatic rings. The van der Waals surface area contributed by atoms with E-state index in [4.69, 9.17) is 11.6 Å². The summed E-state index contributed by atoms with van der Waals surface area (Å²) in [4.78, 5) is 11.8. The van der Waals surface area contributed by atoms with Gasteiger partial charge >= 0.3 is 0 Å². The van der Waals surface area contributed by atoms with E-state index in [1.807, 2.05) is 0 Å². The van der Waals surface area contributed by atoms with Crippen molar-refractivity contribution in [1.29, 1.82) is 0 Å². The number of nitrogens with one attached hydrogen (secondary N) is 1. The van der Waals surface area contributed by atoms with E-state index in [1.165, 1.54) is 23.9 Å². The Bertz CT molecular complexity index is 695. The highest BCUT2D eigenvalue weighted by atomic mass is 35.5. The zero-order valence-electron chi connectivity index (χ0n) is 13.4. The summed E-state index contributed by atoms with van der Waals surface area (Å²) in [5.41, 5.74) is 1.08. The lowest BCUT2D eigenvalue weighted by Crippen LogP contribution is -2.27. The molecule has 0 aromatic heterocycles. The summed E-state index contributed by atoms with van der Waals surface area (Å²) >= 11 is 8.81. The molecule has 0 fully saturated rings. The topological polar surface area (TPSA) is 29.1 Å². The van der Waals surface area contributed by atoms with Crippen molar-refractivity contribution in [3.63, 3.8) is 0 Å². The highest BCUT2D eigenvalue weighted by Crippen LogP contribution is 2.23.